The second-order valence-electron chi connectivity index (χ2n) is 6.45. The Morgan fingerprint density at radius 1 is 1.15 bits per heavy atom. The Kier molecular flexibility index (Phi) is 4.78. The van der Waals surface area contributed by atoms with E-state index in [1.807, 2.05) is 11.0 Å². The first-order chi connectivity index (χ1) is 12.6. The van der Waals surface area contributed by atoms with Crippen LogP contribution in [0, 0.1) is 0 Å². The number of carbonyl (C=O) groups is 1. The van der Waals surface area contributed by atoms with Crippen molar-refractivity contribution in [2.24, 2.45) is 0 Å². The third-order valence-corrected chi connectivity index (χ3v) is 5.55. The fourth-order valence-corrected chi connectivity index (χ4v) is 3.73. The molecule has 0 unspecified atom stereocenters. The van der Waals surface area contributed by atoms with Crippen LogP contribution < -0.4 is 0 Å². The van der Waals surface area contributed by atoms with Gasteiger partial charge in [0.15, 0.2) is 5.65 Å². The molecular formula is C18H17Cl2N5O. The van der Waals surface area contributed by atoms with Gasteiger partial charge in [0.05, 0.1) is 22.2 Å². The highest BCUT2D eigenvalue weighted by molar-refractivity contribution is 6.42. The van der Waals surface area contributed by atoms with E-state index in [1.54, 1.807) is 24.5 Å². The maximum atomic E-state index is 12.6. The van der Waals surface area contributed by atoms with Crippen LogP contribution in [0.4, 0.5) is 0 Å². The molecule has 6 nitrogen and oxygen atoms in total. The Bertz CT molecular complexity index is 950. The van der Waals surface area contributed by atoms with Crippen molar-refractivity contribution in [1.29, 1.82) is 0 Å². The van der Waals surface area contributed by atoms with Crippen LogP contribution in [-0.4, -0.2) is 44.1 Å². The van der Waals surface area contributed by atoms with Crippen LogP contribution in [0.15, 0.2) is 30.6 Å². The molecule has 0 bridgehead atoms. The topological polar surface area (TPSA) is 74.8 Å². The number of nitrogens with one attached hydrogen (secondary N) is 1. The van der Waals surface area contributed by atoms with Crippen molar-refractivity contribution in [3.63, 3.8) is 0 Å². The van der Waals surface area contributed by atoms with E-state index in [4.69, 9.17) is 23.2 Å². The van der Waals surface area contributed by atoms with Crippen LogP contribution in [0.2, 0.25) is 10.0 Å². The molecule has 3 aromatic rings. The molecule has 1 fully saturated rings. The lowest BCUT2D eigenvalue weighted by Crippen LogP contribution is -2.38. The Morgan fingerprint density at radius 3 is 2.69 bits per heavy atom. The quantitative estimate of drug-likeness (QED) is 0.742. The first kappa shape index (κ1) is 17.2. The lowest BCUT2D eigenvalue weighted by Gasteiger charge is -2.31. The van der Waals surface area contributed by atoms with E-state index in [-0.39, 0.29) is 5.91 Å². The predicted octanol–water partition coefficient (Wildman–Crippen LogP) is 3.61. The largest absolute Gasteiger partial charge is 0.342 e. The van der Waals surface area contributed by atoms with E-state index in [0.29, 0.717) is 41.1 Å². The van der Waals surface area contributed by atoms with Crippen molar-refractivity contribution in [3.8, 4) is 0 Å². The third-order valence-electron chi connectivity index (χ3n) is 4.81. The van der Waals surface area contributed by atoms with Crippen molar-refractivity contribution < 1.29 is 4.79 Å². The minimum atomic E-state index is 0.107. The summed E-state index contributed by atoms with van der Waals surface area (Å²) in [5.41, 5.74) is 3.36. The summed E-state index contributed by atoms with van der Waals surface area (Å²) in [6, 6.07) is 5.32. The van der Waals surface area contributed by atoms with Crippen molar-refractivity contribution in [2.45, 2.75) is 25.2 Å². The van der Waals surface area contributed by atoms with Gasteiger partial charge in [0, 0.05) is 31.4 Å². The van der Waals surface area contributed by atoms with Crippen molar-refractivity contribution >= 4 is 40.3 Å². The summed E-state index contributed by atoms with van der Waals surface area (Å²) in [6.45, 7) is 1.43. The predicted molar refractivity (Wildman–Crippen MR) is 100 cm³/mol. The van der Waals surface area contributed by atoms with Gasteiger partial charge in [-0.15, -0.1) is 0 Å². The highest BCUT2D eigenvalue weighted by atomic mass is 35.5. The van der Waals surface area contributed by atoms with E-state index >= 15 is 0 Å². The summed E-state index contributed by atoms with van der Waals surface area (Å²) in [4.78, 5) is 23.1. The van der Waals surface area contributed by atoms with E-state index in [0.717, 1.165) is 29.6 Å². The number of nitrogens with zero attached hydrogens (tertiary/aromatic N) is 4. The van der Waals surface area contributed by atoms with E-state index in [9.17, 15) is 4.79 Å². The van der Waals surface area contributed by atoms with Crippen LogP contribution in [0.5, 0.6) is 0 Å². The van der Waals surface area contributed by atoms with Gasteiger partial charge in [-0.05, 0) is 30.5 Å². The molecule has 1 aromatic carbocycles. The fraction of sp³-hybridized carbons (Fsp3) is 0.333. The minimum Gasteiger partial charge on any atom is -0.342 e. The van der Waals surface area contributed by atoms with Gasteiger partial charge in [-0.3, -0.25) is 9.89 Å². The average molecular weight is 390 g/mol. The molecule has 0 aliphatic carbocycles. The normalized spacial score (nSPS) is 15.5. The number of carbonyl (C=O) groups excluding carboxylic acids is 1. The van der Waals surface area contributed by atoms with Crippen LogP contribution in [-0.2, 0) is 11.2 Å². The number of H-pyrrole nitrogens is 1. The summed E-state index contributed by atoms with van der Waals surface area (Å²) in [5.74, 6) is 0.418. The van der Waals surface area contributed by atoms with Gasteiger partial charge in [-0.1, -0.05) is 29.3 Å². The Hall–Kier alpha value is -2.18. The lowest BCUT2D eigenvalue weighted by molar-refractivity contribution is -0.131. The minimum absolute atomic E-state index is 0.107. The number of hydrogen-bond acceptors (Lipinski definition) is 4. The molecular weight excluding hydrogens is 373 g/mol. The molecule has 8 heteroatoms. The molecule has 4 rings (SSSR count). The number of rotatable bonds is 3. The molecule has 0 atom stereocenters. The fourth-order valence-electron chi connectivity index (χ4n) is 3.41. The second kappa shape index (κ2) is 7.21. The molecule has 0 spiro atoms. The molecule has 26 heavy (non-hydrogen) atoms. The smallest absolute Gasteiger partial charge is 0.226 e. The van der Waals surface area contributed by atoms with Gasteiger partial charge >= 0.3 is 0 Å². The zero-order valence-corrected chi connectivity index (χ0v) is 15.5. The van der Waals surface area contributed by atoms with Gasteiger partial charge < -0.3 is 4.90 Å². The number of fused-ring (bicyclic) bond motifs is 1. The van der Waals surface area contributed by atoms with Gasteiger partial charge in [0.1, 0.15) is 5.52 Å². The van der Waals surface area contributed by atoms with Crippen LogP contribution >= 0.6 is 23.2 Å². The van der Waals surface area contributed by atoms with Crippen LogP contribution in [0.25, 0.3) is 11.2 Å². The summed E-state index contributed by atoms with van der Waals surface area (Å²) < 4.78 is 0. The number of piperidine rings is 1. The monoisotopic (exact) mass is 389 g/mol. The summed E-state index contributed by atoms with van der Waals surface area (Å²) in [7, 11) is 0. The van der Waals surface area contributed by atoms with Crippen molar-refractivity contribution in [2.75, 3.05) is 13.1 Å². The number of halogens is 2. The van der Waals surface area contributed by atoms with E-state index in [2.05, 4.69) is 20.2 Å². The number of hydrogen-bond donors (Lipinski definition) is 1. The molecule has 1 N–H and O–H groups in total. The maximum absolute atomic E-state index is 12.6. The highest BCUT2D eigenvalue weighted by Gasteiger charge is 2.26. The van der Waals surface area contributed by atoms with Crippen molar-refractivity contribution in [3.05, 3.63) is 51.9 Å². The summed E-state index contributed by atoms with van der Waals surface area (Å²) in [5, 5.41) is 8.26. The van der Waals surface area contributed by atoms with Gasteiger partial charge in [0.2, 0.25) is 5.91 Å². The molecule has 1 saturated heterocycles. The van der Waals surface area contributed by atoms with E-state index < -0.39 is 0 Å². The molecule has 3 heterocycles. The number of amides is 1. The Labute approximate surface area is 160 Å². The molecule has 0 saturated carbocycles. The van der Waals surface area contributed by atoms with Crippen LogP contribution in [0.3, 0.4) is 0 Å². The Morgan fingerprint density at radius 2 is 1.92 bits per heavy atom. The third kappa shape index (κ3) is 3.39. The zero-order chi connectivity index (χ0) is 18.1. The van der Waals surface area contributed by atoms with E-state index in [1.165, 1.54) is 0 Å². The lowest BCUT2D eigenvalue weighted by atomic mass is 9.92. The maximum Gasteiger partial charge on any atom is 0.226 e. The first-order valence-electron chi connectivity index (χ1n) is 8.48. The molecule has 1 amide bonds. The standard InChI is InChI=1S/C18H17Cl2N5O/c19-13-2-1-11(9-14(13)20)10-15(26)25-7-3-12(4-8-25)16-17-18(24-23-16)22-6-5-21-17/h1-2,5-6,9,12H,3-4,7-8,10H2,(H,22,23,24). The highest BCUT2D eigenvalue weighted by Crippen LogP contribution is 2.30. The van der Waals surface area contributed by atoms with Gasteiger partial charge in [-0.25, -0.2) is 9.97 Å². The molecule has 1 aliphatic heterocycles. The van der Waals surface area contributed by atoms with Gasteiger partial charge in [0.25, 0.3) is 0 Å². The number of aromatic nitrogens is 4. The number of aromatic amines is 1. The molecule has 2 aromatic heterocycles. The summed E-state index contributed by atoms with van der Waals surface area (Å²) in [6.07, 6.45) is 5.40. The van der Waals surface area contributed by atoms with Gasteiger partial charge in [-0.2, -0.15) is 5.10 Å². The van der Waals surface area contributed by atoms with Crippen LogP contribution in [0.1, 0.15) is 30.0 Å². The Balaban J connectivity index is 1.40. The van der Waals surface area contributed by atoms with Crippen molar-refractivity contribution in [1.82, 2.24) is 25.1 Å². The molecule has 0 radical (unpaired) electrons. The summed E-state index contributed by atoms with van der Waals surface area (Å²) >= 11 is 12.0. The zero-order valence-electron chi connectivity index (χ0n) is 14.0. The number of benzene rings is 1. The second-order valence-corrected chi connectivity index (χ2v) is 7.26. The number of likely N-dealkylation sites (tertiary alicyclic amines) is 1. The molecule has 134 valence electrons. The SMILES string of the molecule is O=C(Cc1ccc(Cl)c(Cl)c1)N1CCC(c2[nH]nc3nccnc23)CC1. The molecule has 1 aliphatic rings. The average Bonchev–Trinajstić information content (AvgIpc) is 3.09. The first-order valence-corrected chi connectivity index (χ1v) is 9.24.